The molecular weight excluding hydrogens is 373 g/mol. The van der Waals surface area contributed by atoms with Gasteiger partial charge in [0.25, 0.3) is 5.56 Å². The molecule has 0 amide bonds. The van der Waals surface area contributed by atoms with Crippen LogP contribution in [0.1, 0.15) is 53.1 Å². The number of aromatic carboxylic acids is 1. The van der Waals surface area contributed by atoms with E-state index in [1.807, 2.05) is 11.8 Å². The number of anilines is 1. The summed E-state index contributed by atoms with van der Waals surface area (Å²) < 4.78 is 16.2. The van der Waals surface area contributed by atoms with Gasteiger partial charge >= 0.3 is 5.97 Å². The van der Waals surface area contributed by atoms with Gasteiger partial charge in [0.05, 0.1) is 17.4 Å². The van der Waals surface area contributed by atoms with E-state index in [1.54, 1.807) is 0 Å². The second kappa shape index (κ2) is 7.13. The van der Waals surface area contributed by atoms with Gasteiger partial charge in [-0.15, -0.1) is 12.4 Å². The van der Waals surface area contributed by atoms with E-state index in [0.29, 0.717) is 23.3 Å². The Hall–Kier alpha value is -2.12. The second-order valence-electron chi connectivity index (χ2n) is 7.29. The average molecular weight is 396 g/mol. The minimum absolute atomic E-state index is 0. The monoisotopic (exact) mass is 395 g/mol. The summed E-state index contributed by atoms with van der Waals surface area (Å²) in [6, 6.07) is 1.57. The largest absolute Gasteiger partial charge is 0.477 e. The van der Waals surface area contributed by atoms with Crippen LogP contribution in [0, 0.1) is 12.7 Å². The number of hydrogen-bond acceptors (Lipinski definition) is 4. The van der Waals surface area contributed by atoms with Crippen LogP contribution in [0.5, 0.6) is 0 Å². The molecule has 6 nitrogen and oxygen atoms in total. The SMILES string of the molecule is Cc1c(N2CCC[C@@H]2CN)c(F)cn2c(=O)c(C(=O)O)cc(C3CC3)c12.Cl. The summed E-state index contributed by atoms with van der Waals surface area (Å²) in [4.78, 5) is 26.1. The van der Waals surface area contributed by atoms with Gasteiger partial charge in [-0.3, -0.25) is 9.20 Å². The number of pyridine rings is 2. The third-order valence-corrected chi connectivity index (χ3v) is 5.63. The fraction of sp³-hybridized carbons (Fsp3) is 0.474. The molecule has 2 fully saturated rings. The molecule has 27 heavy (non-hydrogen) atoms. The van der Waals surface area contributed by atoms with E-state index in [4.69, 9.17) is 5.73 Å². The van der Waals surface area contributed by atoms with Gasteiger partial charge in [0.15, 0.2) is 5.82 Å². The highest BCUT2D eigenvalue weighted by Gasteiger charge is 2.32. The van der Waals surface area contributed by atoms with Crippen LogP contribution in [-0.2, 0) is 0 Å². The Morgan fingerprint density at radius 1 is 1.37 bits per heavy atom. The number of halogens is 2. The molecule has 3 heterocycles. The summed E-state index contributed by atoms with van der Waals surface area (Å²) in [5.41, 5.74) is 7.49. The summed E-state index contributed by atoms with van der Waals surface area (Å²) in [5.74, 6) is -1.57. The molecule has 0 bridgehead atoms. The molecule has 0 radical (unpaired) electrons. The third-order valence-electron chi connectivity index (χ3n) is 5.63. The van der Waals surface area contributed by atoms with E-state index in [2.05, 4.69) is 0 Å². The number of nitrogens with two attached hydrogens (primary N) is 1. The van der Waals surface area contributed by atoms with Crippen molar-refractivity contribution in [3.63, 3.8) is 0 Å². The second-order valence-corrected chi connectivity index (χ2v) is 7.29. The number of fused-ring (bicyclic) bond motifs is 1. The van der Waals surface area contributed by atoms with Crippen LogP contribution in [0.3, 0.4) is 0 Å². The molecule has 0 unspecified atom stereocenters. The van der Waals surface area contributed by atoms with Crippen LogP contribution in [0.2, 0.25) is 0 Å². The van der Waals surface area contributed by atoms with Crippen LogP contribution >= 0.6 is 12.4 Å². The first-order chi connectivity index (χ1) is 12.4. The van der Waals surface area contributed by atoms with Crippen molar-refractivity contribution < 1.29 is 14.3 Å². The third kappa shape index (κ3) is 3.08. The Labute approximate surface area is 162 Å². The predicted octanol–water partition coefficient (Wildman–Crippen LogP) is 2.67. The summed E-state index contributed by atoms with van der Waals surface area (Å²) in [6.45, 7) is 2.99. The van der Waals surface area contributed by atoms with E-state index >= 15 is 4.39 Å². The van der Waals surface area contributed by atoms with Crippen molar-refractivity contribution in [3.05, 3.63) is 45.1 Å². The smallest absolute Gasteiger partial charge is 0.341 e. The summed E-state index contributed by atoms with van der Waals surface area (Å²) in [6.07, 6.45) is 4.92. The minimum atomic E-state index is -1.28. The first kappa shape index (κ1) is 19.6. The molecule has 146 valence electrons. The maximum absolute atomic E-state index is 15.0. The highest BCUT2D eigenvalue weighted by atomic mass is 35.5. The number of carbonyl (C=O) groups is 1. The molecule has 2 aromatic rings. The van der Waals surface area contributed by atoms with Gasteiger partial charge in [0, 0.05) is 19.1 Å². The number of carboxylic acid groups (broad SMARTS) is 1. The predicted molar refractivity (Wildman–Crippen MR) is 104 cm³/mol. The Morgan fingerprint density at radius 3 is 2.67 bits per heavy atom. The molecule has 1 saturated carbocycles. The molecule has 1 atom stereocenters. The van der Waals surface area contributed by atoms with Crippen molar-refractivity contribution in [2.75, 3.05) is 18.0 Å². The van der Waals surface area contributed by atoms with Gasteiger partial charge in [0.2, 0.25) is 0 Å². The number of hydrogen-bond donors (Lipinski definition) is 2. The number of aryl methyl sites for hydroxylation is 1. The highest BCUT2D eigenvalue weighted by molar-refractivity contribution is 5.89. The van der Waals surface area contributed by atoms with Gasteiger partial charge in [-0.2, -0.15) is 0 Å². The first-order valence-electron chi connectivity index (χ1n) is 9.02. The molecule has 8 heteroatoms. The Morgan fingerprint density at radius 2 is 2.07 bits per heavy atom. The molecule has 0 spiro atoms. The van der Waals surface area contributed by atoms with E-state index in [0.717, 1.165) is 44.0 Å². The van der Waals surface area contributed by atoms with Gasteiger partial charge in [0.1, 0.15) is 5.56 Å². The molecule has 1 aliphatic heterocycles. The normalized spacial score (nSPS) is 19.4. The number of carboxylic acids is 1. The molecule has 2 aliphatic rings. The average Bonchev–Trinajstić information content (AvgIpc) is 3.34. The number of nitrogens with zero attached hydrogens (tertiary/aromatic N) is 2. The summed E-state index contributed by atoms with van der Waals surface area (Å²) in [7, 11) is 0. The number of aromatic nitrogens is 1. The van der Waals surface area contributed by atoms with E-state index < -0.39 is 17.3 Å². The lowest BCUT2D eigenvalue weighted by atomic mass is 10.0. The Kier molecular flexibility index (Phi) is 5.18. The van der Waals surface area contributed by atoms with Gasteiger partial charge < -0.3 is 15.7 Å². The lowest BCUT2D eigenvalue weighted by molar-refractivity contribution is 0.0694. The van der Waals surface area contributed by atoms with Gasteiger partial charge in [-0.05, 0) is 55.7 Å². The van der Waals surface area contributed by atoms with Crippen LogP contribution in [0.25, 0.3) is 5.52 Å². The first-order valence-corrected chi connectivity index (χ1v) is 9.02. The fourth-order valence-electron chi connectivity index (χ4n) is 4.23. The van der Waals surface area contributed by atoms with Crippen LogP contribution in [-0.4, -0.2) is 34.6 Å². The van der Waals surface area contributed by atoms with Crippen LogP contribution in [0.15, 0.2) is 17.1 Å². The number of rotatable bonds is 4. The molecule has 1 aliphatic carbocycles. The highest BCUT2D eigenvalue weighted by Crippen LogP contribution is 2.44. The van der Waals surface area contributed by atoms with Gasteiger partial charge in [-0.1, -0.05) is 0 Å². The van der Waals surface area contributed by atoms with Crippen molar-refractivity contribution >= 4 is 29.6 Å². The molecule has 2 aromatic heterocycles. The summed E-state index contributed by atoms with van der Waals surface area (Å²) >= 11 is 0. The topological polar surface area (TPSA) is 88.0 Å². The molecule has 3 N–H and O–H groups in total. The maximum Gasteiger partial charge on any atom is 0.341 e. The molecule has 4 rings (SSSR count). The minimum Gasteiger partial charge on any atom is -0.477 e. The lowest BCUT2D eigenvalue weighted by Gasteiger charge is -2.29. The van der Waals surface area contributed by atoms with Crippen molar-refractivity contribution in [1.29, 1.82) is 0 Å². The standard InChI is InChI=1S/C19H22FN3O3.ClH/c1-10-16-13(11-4-5-11)7-14(19(25)26)18(24)23(16)9-15(20)17(10)22-6-2-3-12(22)8-21;/h7,9,11-12H,2-6,8,21H2,1H3,(H,25,26);1H/t12-;/m1./s1. The molecule has 0 aromatic carbocycles. The van der Waals surface area contributed by atoms with E-state index in [-0.39, 0.29) is 29.9 Å². The van der Waals surface area contributed by atoms with Crippen molar-refractivity contribution in [1.82, 2.24) is 4.40 Å². The lowest BCUT2D eigenvalue weighted by Crippen LogP contribution is -2.37. The summed E-state index contributed by atoms with van der Waals surface area (Å²) in [5, 5.41) is 9.35. The van der Waals surface area contributed by atoms with Crippen LogP contribution in [0.4, 0.5) is 10.1 Å². The van der Waals surface area contributed by atoms with E-state index in [9.17, 15) is 14.7 Å². The molecule has 1 saturated heterocycles. The fourth-order valence-corrected chi connectivity index (χ4v) is 4.23. The van der Waals surface area contributed by atoms with Crippen molar-refractivity contribution in [3.8, 4) is 0 Å². The van der Waals surface area contributed by atoms with E-state index in [1.165, 1.54) is 10.5 Å². The quantitative estimate of drug-likeness (QED) is 0.830. The van der Waals surface area contributed by atoms with Crippen molar-refractivity contribution in [2.45, 2.75) is 44.6 Å². The zero-order valence-electron chi connectivity index (χ0n) is 15.1. The zero-order chi connectivity index (χ0) is 18.6. The maximum atomic E-state index is 15.0. The van der Waals surface area contributed by atoms with Crippen LogP contribution < -0.4 is 16.2 Å². The molecular formula is C19H23ClFN3O3. The Bertz CT molecular complexity index is 971. The van der Waals surface area contributed by atoms with Crippen molar-refractivity contribution in [2.24, 2.45) is 5.73 Å². The van der Waals surface area contributed by atoms with Gasteiger partial charge in [-0.25, -0.2) is 9.18 Å². The Balaban J connectivity index is 0.00000210. The zero-order valence-corrected chi connectivity index (χ0v) is 15.9.